The number of thioether (sulfide) groups is 1. The van der Waals surface area contributed by atoms with Crippen LogP contribution < -0.4 is 0 Å². The zero-order valence-corrected chi connectivity index (χ0v) is 10.7. The quantitative estimate of drug-likeness (QED) is 0.882. The maximum atomic E-state index is 11.9. The third-order valence-electron chi connectivity index (χ3n) is 2.86. The molecule has 0 aromatic heterocycles. The van der Waals surface area contributed by atoms with Gasteiger partial charge in [0.1, 0.15) is 0 Å². The summed E-state index contributed by atoms with van der Waals surface area (Å²) in [5.74, 6) is 0.987. The van der Waals surface area contributed by atoms with Crippen molar-refractivity contribution in [3.05, 3.63) is 35.9 Å². The van der Waals surface area contributed by atoms with Crippen LogP contribution in [0.3, 0.4) is 0 Å². The topological polar surface area (TPSA) is 40.5 Å². The third-order valence-corrected chi connectivity index (χ3v) is 4.07. The van der Waals surface area contributed by atoms with Crippen molar-refractivity contribution in [2.24, 2.45) is 0 Å². The van der Waals surface area contributed by atoms with E-state index in [1.54, 1.807) is 16.7 Å². The van der Waals surface area contributed by atoms with Gasteiger partial charge in [-0.1, -0.05) is 30.3 Å². The van der Waals surface area contributed by atoms with E-state index >= 15 is 0 Å². The van der Waals surface area contributed by atoms with Crippen LogP contribution in [0.25, 0.3) is 0 Å². The predicted octanol–water partition coefficient (Wildman–Crippen LogP) is 1.51. The number of aliphatic hydroxyl groups excluding tert-OH is 1. The van der Waals surface area contributed by atoms with E-state index in [4.69, 9.17) is 5.11 Å². The number of benzene rings is 1. The highest BCUT2D eigenvalue weighted by Crippen LogP contribution is 2.21. The van der Waals surface area contributed by atoms with Gasteiger partial charge in [-0.05, 0) is 12.5 Å². The molecule has 1 amide bonds. The molecule has 0 radical (unpaired) electrons. The second kappa shape index (κ2) is 5.56. The Labute approximate surface area is 106 Å². The van der Waals surface area contributed by atoms with Crippen LogP contribution in [0.2, 0.25) is 0 Å². The monoisotopic (exact) mass is 251 g/mol. The number of aliphatic hydroxyl groups is 1. The zero-order valence-electron chi connectivity index (χ0n) is 9.87. The van der Waals surface area contributed by atoms with Crippen molar-refractivity contribution in [1.29, 1.82) is 0 Å². The Bertz CT molecular complexity index is 376. The Morgan fingerprint density at radius 2 is 2.12 bits per heavy atom. The Morgan fingerprint density at radius 1 is 1.47 bits per heavy atom. The first-order valence-corrected chi connectivity index (χ1v) is 6.84. The van der Waals surface area contributed by atoms with Gasteiger partial charge in [-0.15, -0.1) is 11.8 Å². The van der Waals surface area contributed by atoms with Gasteiger partial charge in [0.2, 0.25) is 5.91 Å². The largest absolute Gasteiger partial charge is 0.389 e. The second-order valence-electron chi connectivity index (χ2n) is 4.34. The molecule has 17 heavy (non-hydrogen) atoms. The molecule has 0 spiro atoms. The number of rotatable bonds is 4. The zero-order chi connectivity index (χ0) is 12.3. The number of likely N-dealkylation sites (tertiary alicyclic amines) is 1. The molecule has 1 aliphatic heterocycles. The van der Waals surface area contributed by atoms with Crippen molar-refractivity contribution < 1.29 is 9.90 Å². The maximum Gasteiger partial charge on any atom is 0.235 e. The van der Waals surface area contributed by atoms with Crippen LogP contribution in [-0.2, 0) is 10.5 Å². The Balaban J connectivity index is 1.77. The van der Waals surface area contributed by atoms with Crippen molar-refractivity contribution in [2.45, 2.75) is 24.0 Å². The van der Waals surface area contributed by atoms with Gasteiger partial charge >= 0.3 is 0 Å². The minimum atomic E-state index is -0.315. The highest BCUT2D eigenvalue weighted by atomic mass is 32.2. The summed E-state index contributed by atoms with van der Waals surface area (Å²) in [6, 6.07) is 10.1. The van der Waals surface area contributed by atoms with E-state index in [2.05, 4.69) is 12.1 Å². The average Bonchev–Trinajstić information content (AvgIpc) is 2.32. The van der Waals surface area contributed by atoms with E-state index in [9.17, 15) is 4.79 Å². The van der Waals surface area contributed by atoms with Gasteiger partial charge in [0.15, 0.2) is 0 Å². The smallest absolute Gasteiger partial charge is 0.235 e. The van der Waals surface area contributed by atoms with Gasteiger partial charge in [0, 0.05) is 18.8 Å². The van der Waals surface area contributed by atoms with Gasteiger partial charge in [-0.25, -0.2) is 0 Å². The van der Waals surface area contributed by atoms with Gasteiger partial charge in [0.25, 0.3) is 0 Å². The van der Waals surface area contributed by atoms with Crippen LogP contribution >= 0.6 is 11.8 Å². The third kappa shape index (κ3) is 3.23. The standard InChI is InChI=1S/C13H17NO2S/c1-10(13(16)14-7-12(15)8-14)17-9-11-5-3-2-4-6-11/h2-6,10,12,15H,7-9H2,1H3. The normalized spacial score (nSPS) is 17.6. The molecule has 3 nitrogen and oxygen atoms in total. The van der Waals surface area contributed by atoms with E-state index in [-0.39, 0.29) is 17.3 Å². The highest BCUT2D eigenvalue weighted by molar-refractivity contribution is 7.99. The van der Waals surface area contributed by atoms with Crippen LogP contribution in [0, 0.1) is 0 Å². The summed E-state index contributed by atoms with van der Waals surface area (Å²) < 4.78 is 0. The van der Waals surface area contributed by atoms with Gasteiger partial charge in [0.05, 0.1) is 11.4 Å². The highest BCUT2D eigenvalue weighted by Gasteiger charge is 2.31. The van der Waals surface area contributed by atoms with Crippen LogP contribution in [0.4, 0.5) is 0 Å². The fourth-order valence-electron chi connectivity index (χ4n) is 1.76. The lowest BCUT2D eigenvalue weighted by atomic mass is 10.1. The fourth-order valence-corrected chi connectivity index (χ4v) is 2.69. The van der Waals surface area contributed by atoms with Crippen molar-refractivity contribution in [3.8, 4) is 0 Å². The summed E-state index contributed by atoms with van der Waals surface area (Å²) in [6.45, 7) is 2.92. The molecule has 1 aromatic rings. The minimum Gasteiger partial charge on any atom is -0.389 e. The number of hydrogen-bond acceptors (Lipinski definition) is 3. The summed E-state index contributed by atoms with van der Waals surface area (Å²) >= 11 is 1.64. The number of carbonyl (C=O) groups is 1. The molecule has 2 rings (SSSR count). The molecule has 4 heteroatoms. The molecule has 0 bridgehead atoms. The van der Waals surface area contributed by atoms with E-state index in [0.717, 1.165) is 5.75 Å². The van der Waals surface area contributed by atoms with E-state index < -0.39 is 0 Å². The lowest BCUT2D eigenvalue weighted by molar-refractivity contribution is -0.140. The van der Waals surface area contributed by atoms with Gasteiger partial charge < -0.3 is 10.0 Å². The molecule has 1 N–H and O–H groups in total. The molecule has 1 atom stereocenters. The maximum absolute atomic E-state index is 11.9. The van der Waals surface area contributed by atoms with E-state index in [0.29, 0.717) is 13.1 Å². The van der Waals surface area contributed by atoms with Gasteiger partial charge in [-0.3, -0.25) is 4.79 Å². The van der Waals surface area contributed by atoms with Crippen molar-refractivity contribution in [1.82, 2.24) is 4.90 Å². The molecule has 92 valence electrons. The Kier molecular flexibility index (Phi) is 4.07. The lowest BCUT2D eigenvalue weighted by Crippen LogP contribution is -2.55. The molecule has 1 heterocycles. The van der Waals surface area contributed by atoms with E-state index in [1.165, 1.54) is 5.56 Å². The molecule has 1 aromatic carbocycles. The number of hydrogen-bond donors (Lipinski definition) is 1. The number of β-amino-alcohol motifs (C(OH)–C–C–N with tert-alkyl or cyclic N) is 1. The SMILES string of the molecule is CC(SCc1ccccc1)C(=O)N1CC(O)C1. The average molecular weight is 251 g/mol. The fraction of sp³-hybridized carbons (Fsp3) is 0.462. The molecular weight excluding hydrogens is 234 g/mol. The summed E-state index contributed by atoms with van der Waals surface area (Å²) in [5, 5.41) is 9.12. The van der Waals surface area contributed by atoms with Crippen LogP contribution in [0.5, 0.6) is 0 Å². The van der Waals surface area contributed by atoms with Crippen molar-refractivity contribution >= 4 is 17.7 Å². The number of nitrogens with zero attached hydrogens (tertiary/aromatic N) is 1. The van der Waals surface area contributed by atoms with E-state index in [1.807, 2.05) is 25.1 Å². The first-order valence-electron chi connectivity index (χ1n) is 5.79. The van der Waals surface area contributed by atoms with Crippen LogP contribution in [0.1, 0.15) is 12.5 Å². The lowest BCUT2D eigenvalue weighted by Gasteiger charge is -2.37. The van der Waals surface area contributed by atoms with Crippen LogP contribution in [0.15, 0.2) is 30.3 Å². The number of carbonyl (C=O) groups excluding carboxylic acids is 1. The van der Waals surface area contributed by atoms with Gasteiger partial charge in [-0.2, -0.15) is 0 Å². The summed E-state index contributed by atoms with van der Waals surface area (Å²) in [5.41, 5.74) is 1.24. The summed E-state index contributed by atoms with van der Waals surface area (Å²) in [7, 11) is 0. The van der Waals surface area contributed by atoms with Crippen LogP contribution in [-0.4, -0.2) is 40.4 Å². The predicted molar refractivity (Wildman–Crippen MR) is 69.8 cm³/mol. The first kappa shape index (κ1) is 12.5. The number of amides is 1. The van der Waals surface area contributed by atoms with Crippen molar-refractivity contribution in [3.63, 3.8) is 0 Å². The molecule has 0 aliphatic carbocycles. The second-order valence-corrected chi connectivity index (χ2v) is 5.66. The Hall–Kier alpha value is -1.00. The van der Waals surface area contributed by atoms with Crippen molar-refractivity contribution in [2.75, 3.05) is 13.1 Å². The summed E-state index contributed by atoms with van der Waals surface area (Å²) in [6.07, 6.45) is -0.315. The molecule has 1 fully saturated rings. The molecular formula is C13H17NO2S. The summed E-state index contributed by atoms with van der Waals surface area (Å²) in [4.78, 5) is 13.6. The molecule has 1 aliphatic rings. The first-order chi connectivity index (χ1) is 8.16. The molecule has 1 saturated heterocycles. The Morgan fingerprint density at radius 3 is 2.71 bits per heavy atom. The molecule has 0 saturated carbocycles. The minimum absolute atomic E-state index is 0.0392. The molecule has 1 unspecified atom stereocenters.